The van der Waals surface area contributed by atoms with Crippen LogP contribution in [0.25, 0.3) is 0 Å². The summed E-state index contributed by atoms with van der Waals surface area (Å²) in [6.45, 7) is 4.82. The quantitative estimate of drug-likeness (QED) is 0.624. The number of para-hydroxylation sites is 1. The lowest BCUT2D eigenvalue weighted by Gasteiger charge is -2.15. The fourth-order valence-electron chi connectivity index (χ4n) is 2.37. The average Bonchev–Trinajstić information content (AvgIpc) is 2.96. The first-order chi connectivity index (χ1) is 10.2. The number of hydrogen-bond acceptors (Lipinski definition) is 4. The van der Waals surface area contributed by atoms with Crippen molar-refractivity contribution >= 4 is 5.69 Å². The van der Waals surface area contributed by atoms with Crippen molar-refractivity contribution in [2.45, 2.75) is 32.7 Å². The molecule has 0 aliphatic heterocycles. The van der Waals surface area contributed by atoms with Gasteiger partial charge in [-0.2, -0.15) is 0 Å². The number of nitro groups is 1. The first-order valence-corrected chi connectivity index (χ1v) is 7.20. The number of hydrogen-bond donors (Lipinski definition) is 1. The van der Waals surface area contributed by atoms with Crippen molar-refractivity contribution in [2.75, 3.05) is 6.54 Å². The van der Waals surface area contributed by atoms with Crippen LogP contribution in [0.15, 0.2) is 40.8 Å². The summed E-state index contributed by atoms with van der Waals surface area (Å²) in [5.41, 5.74) is 0.866. The van der Waals surface area contributed by atoms with E-state index in [-0.39, 0.29) is 16.7 Å². The minimum Gasteiger partial charge on any atom is -0.464 e. The van der Waals surface area contributed by atoms with Gasteiger partial charge >= 0.3 is 0 Å². The van der Waals surface area contributed by atoms with Gasteiger partial charge in [0.2, 0.25) is 0 Å². The summed E-state index contributed by atoms with van der Waals surface area (Å²) in [6.07, 6.45) is 1.37. The SMILES string of the molecule is CCNC(Cc1ccccc1[N+](=O)[O-])c1ccc(CC)o1. The van der Waals surface area contributed by atoms with Crippen molar-refractivity contribution < 1.29 is 9.34 Å². The van der Waals surface area contributed by atoms with E-state index >= 15 is 0 Å². The topological polar surface area (TPSA) is 68.3 Å². The van der Waals surface area contributed by atoms with Crippen LogP contribution in [0.4, 0.5) is 5.69 Å². The highest BCUT2D eigenvalue weighted by Crippen LogP contribution is 2.26. The number of aryl methyl sites for hydroxylation is 1. The van der Waals surface area contributed by atoms with Gasteiger partial charge in [-0.15, -0.1) is 0 Å². The Bertz CT molecular complexity index is 607. The van der Waals surface area contributed by atoms with E-state index in [0.717, 1.165) is 24.5 Å². The molecule has 0 amide bonds. The fraction of sp³-hybridized carbons (Fsp3) is 0.375. The Balaban J connectivity index is 2.26. The summed E-state index contributed by atoms with van der Waals surface area (Å²) in [4.78, 5) is 10.8. The van der Waals surface area contributed by atoms with E-state index in [0.29, 0.717) is 12.0 Å². The Labute approximate surface area is 124 Å². The summed E-state index contributed by atoms with van der Waals surface area (Å²) in [7, 11) is 0. The zero-order valence-electron chi connectivity index (χ0n) is 12.3. The maximum Gasteiger partial charge on any atom is 0.272 e. The average molecular weight is 288 g/mol. The number of benzene rings is 1. The maximum atomic E-state index is 11.1. The van der Waals surface area contributed by atoms with Crippen molar-refractivity contribution in [1.82, 2.24) is 5.32 Å². The van der Waals surface area contributed by atoms with E-state index in [1.165, 1.54) is 6.07 Å². The van der Waals surface area contributed by atoms with Crippen molar-refractivity contribution in [3.63, 3.8) is 0 Å². The van der Waals surface area contributed by atoms with Crippen molar-refractivity contribution in [2.24, 2.45) is 0 Å². The number of rotatable bonds is 7. The predicted octanol–water partition coefficient (Wildman–Crippen LogP) is 3.64. The number of nitrogens with zero attached hydrogens (tertiary/aromatic N) is 1. The second-order valence-electron chi connectivity index (χ2n) is 4.86. The van der Waals surface area contributed by atoms with Crippen molar-refractivity contribution in [1.29, 1.82) is 0 Å². The lowest BCUT2D eigenvalue weighted by atomic mass is 10.0. The lowest BCUT2D eigenvalue weighted by Crippen LogP contribution is -2.22. The van der Waals surface area contributed by atoms with Crippen molar-refractivity contribution in [3.05, 3.63) is 63.6 Å². The van der Waals surface area contributed by atoms with Gasteiger partial charge in [0, 0.05) is 24.5 Å². The van der Waals surface area contributed by atoms with Gasteiger partial charge in [0.05, 0.1) is 11.0 Å². The standard InChI is InChI=1S/C16H20N2O3/c1-3-13-9-10-16(21-13)14(17-4-2)11-12-7-5-6-8-15(12)18(19)20/h5-10,14,17H,3-4,11H2,1-2H3. The molecule has 0 aliphatic carbocycles. The van der Waals surface area contributed by atoms with Crippen LogP contribution in [-0.2, 0) is 12.8 Å². The summed E-state index contributed by atoms with van der Waals surface area (Å²) in [5, 5.41) is 14.4. The molecule has 0 aliphatic rings. The summed E-state index contributed by atoms with van der Waals surface area (Å²) < 4.78 is 5.79. The third-order valence-electron chi connectivity index (χ3n) is 3.44. The second-order valence-corrected chi connectivity index (χ2v) is 4.86. The fourth-order valence-corrected chi connectivity index (χ4v) is 2.37. The smallest absolute Gasteiger partial charge is 0.272 e. The van der Waals surface area contributed by atoms with E-state index in [1.54, 1.807) is 12.1 Å². The number of nitro benzene ring substituents is 1. The van der Waals surface area contributed by atoms with Crippen LogP contribution >= 0.6 is 0 Å². The summed E-state index contributed by atoms with van der Waals surface area (Å²) in [6, 6.07) is 10.7. The summed E-state index contributed by atoms with van der Waals surface area (Å²) >= 11 is 0. The van der Waals surface area contributed by atoms with Crippen LogP contribution in [-0.4, -0.2) is 11.5 Å². The van der Waals surface area contributed by atoms with Gasteiger partial charge in [-0.25, -0.2) is 0 Å². The first-order valence-electron chi connectivity index (χ1n) is 7.20. The zero-order valence-corrected chi connectivity index (χ0v) is 12.3. The molecule has 5 nitrogen and oxygen atoms in total. The van der Waals surface area contributed by atoms with Gasteiger partial charge in [-0.1, -0.05) is 32.0 Å². The molecule has 2 aromatic rings. The third-order valence-corrected chi connectivity index (χ3v) is 3.44. The van der Waals surface area contributed by atoms with Crippen LogP contribution in [0.1, 0.15) is 37.0 Å². The Hall–Kier alpha value is -2.14. The molecule has 0 bridgehead atoms. The molecular weight excluding hydrogens is 268 g/mol. The minimum absolute atomic E-state index is 0.0589. The molecular formula is C16H20N2O3. The molecule has 112 valence electrons. The number of likely N-dealkylation sites (N-methyl/N-ethyl adjacent to an activating group) is 1. The van der Waals surface area contributed by atoms with E-state index in [2.05, 4.69) is 5.32 Å². The molecule has 1 aromatic carbocycles. The molecule has 1 heterocycles. The van der Waals surface area contributed by atoms with E-state index in [4.69, 9.17) is 4.42 Å². The van der Waals surface area contributed by atoms with E-state index < -0.39 is 0 Å². The van der Waals surface area contributed by atoms with Crippen LogP contribution in [0, 0.1) is 10.1 Å². The van der Waals surface area contributed by atoms with E-state index in [1.807, 2.05) is 32.0 Å². The highest BCUT2D eigenvalue weighted by atomic mass is 16.6. The Morgan fingerprint density at radius 3 is 2.62 bits per heavy atom. The molecule has 0 saturated carbocycles. The third kappa shape index (κ3) is 3.70. The molecule has 1 unspecified atom stereocenters. The Morgan fingerprint density at radius 1 is 1.24 bits per heavy atom. The molecule has 0 radical (unpaired) electrons. The van der Waals surface area contributed by atoms with Gasteiger partial charge in [-0.3, -0.25) is 10.1 Å². The molecule has 1 aromatic heterocycles. The molecule has 2 rings (SSSR count). The molecule has 0 spiro atoms. The molecule has 1 N–H and O–H groups in total. The van der Waals surface area contributed by atoms with Crippen molar-refractivity contribution in [3.8, 4) is 0 Å². The van der Waals surface area contributed by atoms with Gasteiger partial charge in [0.15, 0.2) is 0 Å². The molecule has 0 fully saturated rings. The van der Waals surface area contributed by atoms with Gasteiger partial charge in [-0.05, 0) is 18.7 Å². The van der Waals surface area contributed by atoms with Crippen LogP contribution < -0.4 is 5.32 Å². The van der Waals surface area contributed by atoms with Crippen LogP contribution in [0.3, 0.4) is 0 Å². The lowest BCUT2D eigenvalue weighted by molar-refractivity contribution is -0.385. The second kappa shape index (κ2) is 7.04. The molecule has 21 heavy (non-hydrogen) atoms. The summed E-state index contributed by atoms with van der Waals surface area (Å²) in [5.74, 6) is 1.75. The Morgan fingerprint density at radius 2 is 2.00 bits per heavy atom. The largest absolute Gasteiger partial charge is 0.464 e. The molecule has 1 atom stereocenters. The highest BCUT2D eigenvalue weighted by Gasteiger charge is 2.20. The maximum absolute atomic E-state index is 11.1. The number of nitrogens with one attached hydrogen (secondary N) is 1. The minimum atomic E-state index is -0.335. The highest BCUT2D eigenvalue weighted by molar-refractivity contribution is 5.40. The predicted molar refractivity (Wildman–Crippen MR) is 81.3 cm³/mol. The first kappa shape index (κ1) is 15.3. The van der Waals surface area contributed by atoms with Gasteiger partial charge < -0.3 is 9.73 Å². The zero-order chi connectivity index (χ0) is 15.2. The monoisotopic (exact) mass is 288 g/mol. The van der Waals surface area contributed by atoms with Gasteiger partial charge in [0.25, 0.3) is 5.69 Å². The van der Waals surface area contributed by atoms with Crippen LogP contribution in [0.5, 0.6) is 0 Å². The molecule has 0 saturated heterocycles. The molecule has 5 heteroatoms. The Kier molecular flexibility index (Phi) is 5.11. The van der Waals surface area contributed by atoms with E-state index in [9.17, 15) is 10.1 Å². The number of furan rings is 1. The normalized spacial score (nSPS) is 12.3. The van der Waals surface area contributed by atoms with Gasteiger partial charge in [0.1, 0.15) is 11.5 Å². The van der Waals surface area contributed by atoms with Crippen LogP contribution in [0.2, 0.25) is 0 Å².